The summed E-state index contributed by atoms with van der Waals surface area (Å²) in [5.41, 5.74) is 1.27. The van der Waals surface area contributed by atoms with E-state index in [1.54, 1.807) is 11.2 Å². The lowest BCUT2D eigenvalue weighted by Crippen LogP contribution is -2.51. The van der Waals surface area contributed by atoms with Gasteiger partial charge in [0.1, 0.15) is 0 Å². The van der Waals surface area contributed by atoms with Gasteiger partial charge in [-0.2, -0.15) is 9.40 Å². The summed E-state index contributed by atoms with van der Waals surface area (Å²) < 4.78 is 32.9. The lowest BCUT2D eigenvalue weighted by atomic mass is 10.2. The number of aromatic nitrogens is 2. The van der Waals surface area contributed by atoms with Crippen LogP contribution in [0.1, 0.15) is 30.5 Å². The summed E-state index contributed by atoms with van der Waals surface area (Å²) >= 11 is 5.87. The summed E-state index contributed by atoms with van der Waals surface area (Å²) in [5, 5.41) is 6.76. The maximum atomic E-state index is 12.9. The van der Waals surface area contributed by atoms with Gasteiger partial charge >= 0.3 is 0 Å². The van der Waals surface area contributed by atoms with Crippen molar-refractivity contribution in [3.63, 3.8) is 0 Å². The number of nitrogens with one attached hydrogen (secondary N) is 1. The SMILES string of the molecule is Cc1[nH]nc(S(=O)(=O)N2CCOC3CCCC32)c1CCl. The van der Waals surface area contributed by atoms with Gasteiger partial charge in [-0.25, -0.2) is 8.42 Å². The minimum Gasteiger partial charge on any atom is -0.375 e. The van der Waals surface area contributed by atoms with Crippen LogP contribution in [0.5, 0.6) is 0 Å². The molecule has 6 nitrogen and oxygen atoms in total. The van der Waals surface area contributed by atoms with Crippen LogP contribution in [-0.2, 0) is 20.6 Å². The highest BCUT2D eigenvalue weighted by atomic mass is 35.5. The zero-order valence-corrected chi connectivity index (χ0v) is 12.9. The fourth-order valence-electron chi connectivity index (χ4n) is 3.10. The first-order valence-corrected chi connectivity index (χ1v) is 8.76. The van der Waals surface area contributed by atoms with Crippen LogP contribution >= 0.6 is 11.6 Å². The van der Waals surface area contributed by atoms with Crippen molar-refractivity contribution in [3.8, 4) is 0 Å². The number of fused-ring (bicyclic) bond motifs is 1. The summed E-state index contributed by atoms with van der Waals surface area (Å²) in [6.07, 6.45) is 2.81. The number of hydrogen-bond acceptors (Lipinski definition) is 4. The number of rotatable bonds is 3. The molecule has 0 amide bonds. The van der Waals surface area contributed by atoms with Crippen LogP contribution in [0.25, 0.3) is 0 Å². The fourth-order valence-corrected chi connectivity index (χ4v) is 5.34. The maximum Gasteiger partial charge on any atom is 0.263 e. The summed E-state index contributed by atoms with van der Waals surface area (Å²) in [6.45, 7) is 2.61. The molecule has 1 aliphatic heterocycles. The van der Waals surface area contributed by atoms with E-state index in [0.29, 0.717) is 24.4 Å². The van der Waals surface area contributed by atoms with Crippen LogP contribution in [0.4, 0.5) is 0 Å². The molecular weight excluding hydrogens is 302 g/mol. The molecule has 1 aromatic rings. The van der Waals surface area contributed by atoms with Crippen molar-refractivity contribution in [1.82, 2.24) is 14.5 Å². The van der Waals surface area contributed by atoms with Gasteiger partial charge in [-0.05, 0) is 26.2 Å². The van der Waals surface area contributed by atoms with Crippen LogP contribution in [0.3, 0.4) is 0 Å². The van der Waals surface area contributed by atoms with Crippen molar-refractivity contribution in [3.05, 3.63) is 11.3 Å². The van der Waals surface area contributed by atoms with Crippen LogP contribution < -0.4 is 0 Å². The lowest BCUT2D eigenvalue weighted by molar-refractivity contribution is -0.0242. The second kappa shape index (κ2) is 5.29. The minimum atomic E-state index is -3.61. The van der Waals surface area contributed by atoms with Gasteiger partial charge in [0.05, 0.1) is 24.6 Å². The van der Waals surface area contributed by atoms with Crippen molar-refractivity contribution in [2.24, 2.45) is 0 Å². The fraction of sp³-hybridized carbons (Fsp3) is 0.750. The largest absolute Gasteiger partial charge is 0.375 e. The molecule has 0 aromatic carbocycles. The molecule has 112 valence electrons. The molecule has 20 heavy (non-hydrogen) atoms. The van der Waals surface area contributed by atoms with Gasteiger partial charge in [0.2, 0.25) is 0 Å². The normalized spacial score (nSPS) is 27.7. The van der Waals surface area contributed by atoms with Gasteiger partial charge in [0.15, 0.2) is 5.03 Å². The average Bonchev–Trinajstić information content (AvgIpc) is 3.03. The number of sulfonamides is 1. The molecule has 0 bridgehead atoms. The van der Waals surface area contributed by atoms with E-state index in [1.165, 1.54) is 0 Å². The van der Waals surface area contributed by atoms with Crippen molar-refractivity contribution in [2.75, 3.05) is 13.2 Å². The predicted octanol–water partition coefficient (Wildman–Crippen LogP) is 1.40. The molecule has 2 atom stereocenters. The van der Waals surface area contributed by atoms with Crippen LogP contribution in [-0.4, -0.2) is 48.2 Å². The molecule has 8 heteroatoms. The number of morpholine rings is 1. The van der Waals surface area contributed by atoms with E-state index in [0.717, 1.165) is 19.3 Å². The number of aromatic amines is 1. The Kier molecular flexibility index (Phi) is 3.79. The standard InChI is InChI=1S/C12H18ClN3O3S/c1-8-9(7-13)12(15-14-8)20(17,18)16-5-6-19-11-4-2-3-10(11)16/h10-11H,2-7H2,1H3,(H,14,15). The van der Waals surface area contributed by atoms with Gasteiger partial charge < -0.3 is 4.74 Å². The molecular formula is C12H18ClN3O3S. The zero-order valence-electron chi connectivity index (χ0n) is 11.3. The van der Waals surface area contributed by atoms with Crippen LogP contribution in [0, 0.1) is 6.92 Å². The summed E-state index contributed by atoms with van der Waals surface area (Å²) in [4.78, 5) is 0. The van der Waals surface area contributed by atoms with Gasteiger partial charge in [0, 0.05) is 17.8 Å². The second-order valence-electron chi connectivity index (χ2n) is 5.29. The molecule has 2 heterocycles. The van der Waals surface area contributed by atoms with Crippen LogP contribution in [0.15, 0.2) is 5.03 Å². The summed E-state index contributed by atoms with van der Waals surface area (Å²) in [6, 6.07) is -0.0612. The smallest absolute Gasteiger partial charge is 0.263 e. The van der Waals surface area contributed by atoms with Gasteiger partial charge in [-0.15, -0.1) is 11.6 Å². The first kappa shape index (κ1) is 14.3. The Morgan fingerprint density at radius 3 is 3.05 bits per heavy atom. The van der Waals surface area contributed by atoms with Gasteiger partial charge in [-0.1, -0.05) is 0 Å². The molecule has 1 N–H and O–H groups in total. The van der Waals surface area contributed by atoms with E-state index in [2.05, 4.69) is 10.2 Å². The Balaban J connectivity index is 1.98. The third-order valence-electron chi connectivity index (χ3n) is 4.15. The van der Waals surface area contributed by atoms with Crippen molar-refractivity contribution >= 4 is 21.6 Å². The maximum absolute atomic E-state index is 12.9. The Labute approximate surface area is 123 Å². The van der Waals surface area contributed by atoms with Crippen LogP contribution in [0.2, 0.25) is 0 Å². The Hall–Kier alpha value is -0.630. The number of H-pyrrole nitrogens is 1. The highest BCUT2D eigenvalue weighted by molar-refractivity contribution is 7.89. The quantitative estimate of drug-likeness (QED) is 0.854. The summed E-state index contributed by atoms with van der Waals surface area (Å²) in [5.74, 6) is 0.134. The number of ether oxygens (including phenoxy) is 1. The predicted molar refractivity (Wildman–Crippen MR) is 74.2 cm³/mol. The number of alkyl halides is 1. The van der Waals surface area contributed by atoms with Crippen molar-refractivity contribution in [2.45, 2.75) is 49.2 Å². The highest BCUT2D eigenvalue weighted by Crippen LogP contribution is 2.34. The highest BCUT2D eigenvalue weighted by Gasteiger charge is 2.43. The zero-order chi connectivity index (χ0) is 14.3. The monoisotopic (exact) mass is 319 g/mol. The molecule has 1 aliphatic carbocycles. The third kappa shape index (κ3) is 2.16. The first-order chi connectivity index (χ1) is 9.55. The first-order valence-electron chi connectivity index (χ1n) is 6.79. The number of halogens is 1. The molecule has 0 radical (unpaired) electrons. The van der Waals surface area contributed by atoms with E-state index in [9.17, 15) is 8.42 Å². The van der Waals surface area contributed by atoms with E-state index in [4.69, 9.17) is 16.3 Å². The Morgan fingerprint density at radius 2 is 2.30 bits per heavy atom. The van der Waals surface area contributed by atoms with Gasteiger partial charge in [-0.3, -0.25) is 5.10 Å². The molecule has 1 aromatic heterocycles. The molecule has 1 saturated heterocycles. The van der Waals surface area contributed by atoms with E-state index < -0.39 is 10.0 Å². The van der Waals surface area contributed by atoms with E-state index in [1.807, 2.05) is 0 Å². The Bertz CT molecular complexity index is 601. The third-order valence-corrected chi connectivity index (χ3v) is 6.32. The molecule has 0 spiro atoms. The molecule has 2 fully saturated rings. The number of hydrogen-bond donors (Lipinski definition) is 1. The van der Waals surface area contributed by atoms with Crippen molar-refractivity contribution in [1.29, 1.82) is 0 Å². The molecule has 3 rings (SSSR count). The lowest BCUT2D eigenvalue weighted by Gasteiger charge is -2.36. The second-order valence-corrected chi connectivity index (χ2v) is 7.36. The Morgan fingerprint density at radius 1 is 1.50 bits per heavy atom. The number of nitrogens with zero attached hydrogens (tertiary/aromatic N) is 2. The summed E-state index contributed by atoms with van der Waals surface area (Å²) in [7, 11) is -3.61. The topological polar surface area (TPSA) is 75.3 Å². The minimum absolute atomic E-state index is 0.0259. The van der Waals surface area contributed by atoms with Gasteiger partial charge in [0.25, 0.3) is 10.0 Å². The molecule has 2 unspecified atom stereocenters. The van der Waals surface area contributed by atoms with E-state index >= 15 is 0 Å². The number of aryl methyl sites for hydroxylation is 1. The average molecular weight is 320 g/mol. The molecule has 1 saturated carbocycles. The van der Waals surface area contributed by atoms with E-state index in [-0.39, 0.29) is 23.1 Å². The molecule has 2 aliphatic rings. The van der Waals surface area contributed by atoms with Crippen molar-refractivity contribution < 1.29 is 13.2 Å².